The topological polar surface area (TPSA) is 69.6 Å². The Morgan fingerprint density at radius 2 is 1.96 bits per heavy atom. The SMILES string of the molecule is CC(=O)c1cccc(NC(=O)N2C[C@H](O)C[C@@H]2C2CCCCC2)c1. The van der Waals surface area contributed by atoms with Crippen LogP contribution in [-0.2, 0) is 0 Å². The fourth-order valence-corrected chi connectivity index (χ4v) is 4.05. The first-order chi connectivity index (χ1) is 11.5. The van der Waals surface area contributed by atoms with Crippen molar-refractivity contribution >= 4 is 17.5 Å². The molecule has 2 aliphatic rings. The predicted octanol–water partition coefficient (Wildman–Crippen LogP) is 3.44. The molecule has 0 unspecified atom stereocenters. The number of aliphatic hydroxyl groups excluding tert-OH is 1. The van der Waals surface area contributed by atoms with Gasteiger partial charge in [0, 0.05) is 23.8 Å². The Morgan fingerprint density at radius 1 is 1.21 bits per heavy atom. The first-order valence-electron chi connectivity index (χ1n) is 8.91. The summed E-state index contributed by atoms with van der Waals surface area (Å²) in [6.07, 6.45) is 6.22. The summed E-state index contributed by atoms with van der Waals surface area (Å²) >= 11 is 0. The van der Waals surface area contributed by atoms with E-state index in [2.05, 4.69) is 5.32 Å². The molecule has 5 heteroatoms. The number of amides is 2. The number of nitrogens with one attached hydrogen (secondary N) is 1. The van der Waals surface area contributed by atoms with Gasteiger partial charge >= 0.3 is 6.03 Å². The van der Waals surface area contributed by atoms with E-state index in [-0.39, 0.29) is 17.9 Å². The molecule has 1 saturated carbocycles. The summed E-state index contributed by atoms with van der Waals surface area (Å²) in [4.78, 5) is 26.0. The van der Waals surface area contributed by atoms with Gasteiger partial charge in [-0.05, 0) is 44.2 Å². The maximum Gasteiger partial charge on any atom is 0.322 e. The second-order valence-corrected chi connectivity index (χ2v) is 7.07. The molecule has 5 nitrogen and oxygen atoms in total. The van der Waals surface area contributed by atoms with E-state index in [1.54, 1.807) is 29.2 Å². The van der Waals surface area contributed by atoms with Crippen LogP contribution in [0.4, 0.5) is 10.5 Å². The van der Waals surface area contributed by atoms with E-state index in [0.29, 0.717) is 30.1 Å². The number of anilines is 1. The van der Waals surface area contributed by atoms with Crippen molar-refractivity contribution in [2.45, 2.75) is 57.6 Å². The predicted molar refractivity (Wildman–Crippen MR) is 93.2 cm³/mol. The van der Waals surface area contributed by atoms with Crippen molar-refractivity contribution in [3.05, 3.63) is 29.8 Å². The number of hydrogen-bond acceptors (Lipinski definition) is 3. The molecule has 2 N–H and O–H groups in total. The molecule has 1 aliphatic carbocycles. The molecule has 1 heterocycles. The monoisotopic (exact) mass is 330 g/mol. The van der Waals surface area contributed by atoms with Crippen molar-refractivity contribution in [3.8, 4) is 0 Å². The Hall–Kier alpha value is -1.88. The van der Waals surface area contributed by atoms with E-state index in [0.717, 1.165) is 12.8 Å². The molecular weight excluding hydrogens is 304 g/mol. The van der Waals surface area contributed by atoms with Crippen LogP contribution in [-0.4, -0.2) is 40.5 Å². The van der Waals surface area contributed by atoms with Crippen LogP contribution >= 0.6 is 0 Å². The molecule has 2 atom stereocenters. The molecule has 2 amide bonds. The third-order valence-electron chi connectivity index (χ3n) is 5.30. The zero-order valence-corrected chi connectivity index (χ0v) is 14.2. The standard InChI is InChI=1S/C19H26N2O3/c1-13(22)15-8-5-9-16(10-15)20-19(24)21-12-17(23)11-18(21)14-6-3-2-4-7-14/h5,8-10,14,17-18,23H,2-4,6-7,11-12H2,1H3,(H,20,24)/t17-,18-/m1/s1. The highest BCUT2D eigenvalue weighted by molar-refractivity contribution is 5.96. The van der Waals surface area contributed by atoms with E-state index < -0.39 is 6.10 Å². The molecule has 0 radical (unpaired) electrons. The first kappa shape index (κ1) is 17.0. The molecule has 0 aromatic heterocycles. The molecule has 1 aromatic rings. The quantitative estimate of drug-likeness (QED) is 0.834. The molecule has 1 saturated heterocycles. The minimum Gasteiger partial charge on any atom is -0.391 e. The highest BCUT2D eigenvalue weighted by atomic mass is 16.3. The van der Waals surface area contributed by atoms with Crippen molar-refractivity contribution < 1.29 is 14.7 Å². The van der Waals surface area contributed by atoms with Crippen molar-refractivity contribution in [1.82, 2.24) is 4.90 Å². The van der Waals surface area contributed by atoms with E-state index in [1.165, 1.54) is 26.2 Å². The fourth-order valence-electron chi connectivity index (χ4n) is 4.05. The molecule has 3 rings (SSSR count). The number of Topliss-reactive ketones (excluding diaryl/α,β-unsaturated/α-hetero) is 1. The smallest absolute Gasteiger partial charge is 0.322 e. The number of carbonyl (C=O) groups excluding carboxylic acids is 2. The maximum absolute atomic E-state index is 12.7. The zero-order chi connectivity index (χ0) is 17.1. The van der Waals surface area contributed by atoms with Gasteiger partial charge in [0.2, 0.25) is 0 Å². The number of benzene rings is 1. The average Bonchev–Trinajstić information content (AvgIpc) is 2.98. The van der Waals surface area contributed by atoms with Crippen LogP contribution < -0.4 is 5.32 Å². The lowest BCUT2D eigenvalue weighted by molar-refractivity contribution is 0.101. The number of urea groups is 1. The second-order valence-electron chi connectivity index (χ2n) is 7.07. The summed E-state index contributed by atoms with van der Waals surface area (Å²) in [5.41, 5.74) is 1.20. The average molecular weight is 330 g/mol. The van der Waals surface area contributed by atoms with Crippen LogP contribution in [0.2, 0.25) is 0 Å². The molecule has 1 aromatic carbocycles. The van der Waals surface area contributed by atoms with E-state index in [1.807, 2.05) is 0 Å². The first-order valence-corrected chi connectivity index (χ1v) is 8.91. The highest BCUT2D eigenvalue weighted by Crippen LogP contribution is 2.34. The Bertz CT molecular complexity index is 610. The maximum atomic E-state index is 12.7. The molecule has 0 bridgehead atoms. The minimum atomic E-state index is -0.439. The number of carbonyl (C=O) groups is 2. The van der Waals surface area contributed by atoms with Gasteiger partial charge in [-0.25, -0.2) is 4.79 Å². The number of β-amino-alcohol motifs (C(OH)–C–C–N with tert-alkyl or cyclic N) is 1. The second kappa shape index (κ2) is 7.34. The highest BCUT2D eigenvalue weighted by Gasteiger charge is 2.39. The third-order valence-corrected chi connectivity index (χ3v) is 5.30. The minimum absolute atomic E-state index is 0.0252. The van der Waals surface area contributed by atoms with Gasteiger partial charge in [0.25, 0.3) is 0 Å². The van der Waals surface area contributed by atoms with Crippen LogP contribution in [0.1, 0.15) is 55.8 Å². The normalized spacial score (nSPS) is 24.8. The van der Waals surface area contributed by atoms with Crippen LogP contribution in [0, 0.1) is 5.92 Å². The van der Waals surface area contributed by atoms with Gasteiger partial charge in [0.15, 0.2) is 5.78 Å². The third kappa shape index (κ3) is 3.78. The van der Waals surface area contributed by atoms with E-state index in [9.17, 15) is 14.7 Å². The Morgan fingerprint density at radius 3 is 2.67 bits per heavy atom. The fraction of sp³-hybridized carbons (Fsp3) is 0.579. The Kier molecular flexibility index (Phi) is 5.19. The Labute approximate surface area is 143 Å². The molecule has 2 fully saturated rings. The Balaban J connectivity index is 1.70. The number of rotatable bonds is 3. The van der Waals surface area contributed by atoms with Gasteiger partial charge in [0.1, 0.15) is 0 Å². The molecular formula is C19H26N2O3. The van der Waals surface area contributed by atoms with Crippen molar-refractivity contribution in [1.29, 1.82) is 0 Å². The largest absolute Gasteiger partial charge is 0.391 e. The van der Waals surface area contributed by atoms with Crippen molar-refractivity contribution in [2.75, 3.05) is 11.9 Å². The van der Waals surface area contributed by atoms with Gasteiger partial charge in [-0.15, -0.1) is 0 Å². The van der Waals surface area contributed by atoms with Crippen molar-refractivity contribution in [2.24, 2.45) is 5.92 Å². The summed E-state index contributed by atoms with van der Waals surface area (Å²) in [6, 6.07) is 6.93. The molecule has 0 spiro atoms. The van der Waals surface area contributed by atoms with Crippen LogP contribution in [0.25, 0.3) is 0 Å². The lowest BCUT2D eigenvalue weighted by Gasteiger charge is -2.33. The summed E-state index contributed by atoms with van der Waals surface area (Å²) in [7, 11) is 0. The van der Waals surface area contributed by atoms with Crippen LogP contribution in [0.3, 0.4) is 0 Å². The number of aliphatic hydroxyl groups is 1. The number of likely N-dealkylation sites (tertiary alicyclic amines) is 1. The zero-order valence-electron chi connectivity index (χ0n) is 14.2. The molecule has 1 aliphatic heterocycles. The van der Waals surface area contributed by atoms with Gasteiger partial charge in [0.05, 0.1) is 6.10 Å². The lowest BCUT2D eigenvalue weighted by Crippen LogP contribution is -2.43. The molecule has 130 valence electrons. The number of ketones is 1. The van der Waals surface area contributed by atoms with Crippen molar-refractivity contribution in [3.63, 3.8) is 0 Å². The summed E-state index contributed by atoms with van der Waals surface area (Å²) in [5.74, 6) is 0.466. The molecule has 24 heavy (non-hydrogen) atoms. The van der Waals surface area contributed by atoms with Gasteiger partial charge in [-0.3, -0.25) is 4.79 Å². The summed E-state index contributed by atoms with van der Waals surface area (Å²) < 4.78 is 0. The van der Waals surface area contributed by atoms with Gasteiger partial charge < -0.3 is 15.3 Å². The number of nitrogens with zero attached hydrogens (tertiary/aromatic N) is 1. The van der Waals surface area contributed by atoms with E-state index in [4.69, 9.17) is 0 Å². The lowest BCUT2D eigenvalue weighted by atomic mass is 9.83. The van der Waals surface area contributed by atoms with Gasteiger partial charge in [-0.1, -0.05) is 31.4 Å². The van der Waals surface area contributed by atoms with Crippen LogP contribution in [0.5, 0.6) is 0 Å². The van der Waals surface area contributed by atoms with Gasteiger partial charge in [-0.2, -0.15) is 0 Å². The van der Waals surface area contributed by atoms with Crippen LogP contribution in [0.15, 0.2) is 24.3 Å². The number of hydrogen-bond donors (Lipinski definition) is 2. The summed E-state index contributed by atoms with van der Waals surface area (Å²) in [6.45, 7) is 1.90. The van der Waals surface area contributed by atoms with E-state index >= 15 is 0 Å². The summed E-state index contributed by atoms with van der Waals surface area (Å²) in [5, 5.41) is 13.0.